The number of nitrogens with one attached hydrogen (secondary N) is 1. The second-order valence-corrected chi connectivity index (χ2v) is 4.95. The molecule has 1 aromatic carbocycles. The molecular weight excluding hydrogens is 186 g/mol. The third kappa shape index (κ3) is 1.81. The van der Waals surface area contributed by atoms with Crippen LogP contribution in [0.15, 0.2) is 18.2 Å². The largest absolute Gasteiger partial charge is 0.497 e. The number of ether oxygens (including phenoxy) is 1. The molecule has 0 aliphatic heterocycles. The lowest BCUT2D eigenvalue weighted by Crippen LogP contribution is -1.98. The Morgan fingerprint density at radius 3 is 2.53 bits per heavy atom. The van der Waals surface area contributed by atoms with Crippen LogP contribution in [0.25, 0.3) is 0 Å². The molecule has 2 heteroatoms. The summed E-state index contributed by atoms with van der Waals surface area (Å²) in [6.45, 7) is 4.64. The molecular formula is C13H19NO. The second kappa shape index (κ2) is 3.44. The molecule has 15 heavy (non-hydrogen) atoms. The van der Waals surface area contributed by atoms with Crippen LogP contribution in [0.2, 0.25) is 0 Å². The molecule has 1 aromatic rings. The molecule has 0 spiro atoms. The summed E-state index contributed by atoms with van der Waals surface area (Å²) in [6, 6.07) is 6.30. The highest BCUT2D eigenvalue weighted by Crippen LogP contribution is 2.60. The second-order valence-electron chi connectivity index (χ2n) is 4.95. The molecule has 82 valence electrons. The van der Waals surface area contributed by atoms with Crippen LogP contribution in [0.5, 0.6) is 5.75 Å². The number of anilines is 1. The standard InChI is InChI=1S/C13H19NO/c1-13(2)8-11(13)10-6-5-9(15-4)7-12(10)14-3/h5-7,11,14H,8H2,1-4H3. The average Bonchev–Trinajstić information content (AvgIpc) is 2.86. The zero-order chi connectivity index (χ0) is 11.1. The van der Waals surface area contributed by atoms with Gasteiger partial charge in [0.1, 0.15) is 5.75 Å². The van der Waals surface area contributed by atoms with Crippen molar-refractivity contribution in [2.75, 3.05) is 19.5 Å². The summed E-state index contributed by atoms with van der Waals surface area (Å²) >= 11 is 0. The topological polar surface area (TPSA) is 21.3 Å². The predicted octanol–water partition coefficient (Wildman–Crippen LogP) is 3.25. The quantitative estimate of drug-likeness (QED) is 0.817. The van der Waals surface area contributed by atoms with E-state index in [1.165, 1.54) is 17.7 Å². The first-order chi connectivity index (χ1) is 7.08. The Labute approximate surface area is 91.6 Å². The van der Waals surface area contributed by atoms with E-state index in [0.29, 0.717) is 11.3 Å². The van der Waals surface area contributed by atoms with E-state index in [1.54, 1.807) is 7.11 Å². The minimum Gasteiger partial charge on any atom is -0.497 e. The normalized spacial score (nSPS) is 22.3. The van der Waals surface area contributed by atoms with Crippen molar-refractivity contribution in [1.82, 2.24) is 0 Å². The van der Waals surface area contributed by atoms with E-state index in [1.807, 2.05) is 13.1 Å². The lowest BCUT2D eigenvalue weighted by Gasteiger charge is -2.12. The number of benzene rings is 1. The first kappa shape index (κ1) is 10.3. The highest BCUT2D eigenvalue weighted by molar-refractivity contribution is 5.58. The van der Waals surface area contributed by atoms with E-state index < -0.39 is 0 Å². The highest BCUT2D eigenvalue weighted by Gasteiger charge is 2.47. The van der Waals surface area contributed by atoms with Gasteiger partial charge in [-0.05, 0) is 29.4 Å². The summed E-state index contributed by atoms with van der Waals surface area (Å²) in [6.07, 6.45) is 1.29. The summed E-state index contributed by atoms with van der Waals surface area (Å²) in [5, 5.41) is 3.25. The Hall–Kier alpha value is -1.18. The molecule has 1 aliphatic carbocycles. The molecule has 1 N–H and O–H groups in total. The molecule has 2 nitrogen and oxygen atoms in total. The first-order valence-electron chi connectivity index (χ1n) is 5.44. The van der Waals surface area contributed by atoms with Crippen molar-refractivity contribution < 1.29 is 4.74 Å². The van der Waals surface area contributed by atoms with Crippen molar-refractivity contribution in [2.24, 2.45) is 5.41 Å². The van der Waals surface area contributed by atoms with Gasteiger partial charge in [-0.1, -0.05) is 19.9 Å². The van der Waals surface area contributed by atoms with E-state index in [2.05, 4.69) is 31.3 Å². The Balaban J connectivity index is 2.32. The van der Waals surface area contributed by atoms with Crippen molar-refractivity contribution >= 4 is 5.69 Å². The molecule has 0 bridgehead atoms. The summed E-state index contributed by atoms with van der Waals surface area (Å²) in [5.41, 5.74) is 3.09. The van der Waals surface area contributed by atoms with E-state index in [9.17, 15) is 0 Å². The predicted molar refractivity (Wildman–Crippen MR) is 63.7 cm³/mol. The van der Waals surface area contributed by atoms with Crippen LogP contribution < -0.4 is 10.1 Å². The Morgan fingerprint density at radius 2 is 2.07 bits per heavy atom. The van der Waals surface area contributed by atoms with Gasteiger partial charge in [-0.2, -0.15) is 0 Å². The number of hydrogen-bond donors (Lipinski definition) is 1. The third-order valence-corrected chi connectivity index (χ3v) is 3.42. The molecule has 1 saturated carbocycles. The minimum atomic E-state index is 0.472. The van der Waals surface area contributed by atoms with Crippen LogP contribution in [0.4, 0.5) is 5.69 Å². The van der Waals surface area contributed by atoms with E-state index in [0.717, 1.165) is 5.75 Å². The Kier molecular flexibility index (Phi) is 2.37. The maximum absolute atomic E-state index is 5.22. The van der Waals surface area contributed by atoms with Crippen LogP contribution in [-0.4, -0.2) is 14.2 Å². The summed E-state index contributed by atoms with van der Waals surface area (Å²) in [4.78, 5) is 0. The summed E-state index contributed by atoms with van der Waals surface area (Å²) in [7, 11) is 3.67. The highest BCUT2D eigenvalue weighted by atomic mass is 16.5. The van der Waals surface area contributed by atoms with Gasteiger partial charge in [0.25, 0.3) is 0 Å². The molecule has 1 atom stereocenters. The van der Waals surface area contributed by atoms with Gasteiger partial charge in [-0.25, -0.2) is 0 Å². The van der Waals surface area contributed by atoms with E-state index in [4.69, 9.17) is 4.74 Å². The van der Waals surface area contributed by atoms with Crippen molar-refractivity contribution in [3.05, 3.63) is 23.8 Å². The maximum Gasteiger partial charge on any atom is 0.120 e. The van der Waals surface area contributed by atoms with Gasteiger partial charge in [0.15, 0.2) is 0 Å². The zero-order valence-electron chi connectivity index (χ0n) is 9.92. The lowest BCUT2D eigenvalue weighted by atomic mass is 10.0. The Bertz CT molecular complexity index is 371. The van der Waals surface area contributed by atoms with Crippen LogP contribution in [-0.2, 0) is 0 Å². The number of rotatable bonds is 3. The van der Waals surface area contributed by atoms with Crippen molar-refractivity contribution in [3.63, 3.8) is 0 Å². The lowest BCUT2D eigenvalue weighted by molar-refractivity contribution is 0.415. The van der Waals surface area contributed by atoms with Crippen molar-refractivity contribution in [1.29, 1.82) is 0 Å². The molecule has 1 fully saturated rings. The van der Waals surface area contributed by atoms with Gasteiger partial charge in [-0.15, -0.1) is 0 Å². The molecule has 1 unspecified atom stereocenters. The molecule has 1 aliphatic rings. The number of methoxy groups -OCH3 is 1. The van der Waals surface area contributed by atoms with Crippen LogP contribution in [0, 0.1) is 5.41 Å². The zero-order valence-corrected chi connectivity index (χ0v) is 9.92. The van der Waals surface area contributed by atoms with Gasteiger partial charge in [0.2, 0.25) is 0 Å². The van der Waals surface area contributed by atoms with E-state index in [-0.39, 0.29) is 0 Å². The Morgan fingerprint density at radius 1 is 1.40 bits per heavy atom. The molecule has 2 rings (SSSR count). The SMILES string of the molecule is CNc1cc(OC)ccc1C1CC1(C)C. The van der Waals surface area contributed by atoms with E-state index >= 15 is 0 Å². The van der Waals surface area contributed by atoms with Crippen LogP contribution in [0.3, 0.4) is 0 Å². The summed E-state index contributed by atoms with van der Waals surface area (Å²) in [5.74, 6) is 1.62. The van der Waals surface area contributed by atoms with Gasteiger partial charge >= 0.3 is 0 Å². The minimum absolute atomic E-state index is 0.472. The van der Waals surface area contributed by atoms with Gasteiger partial charge in [0.05, 0.1) is 7.11 Å². The van der Waals surface area contributed by atoms with Gasteiger partial charge in [-0.3, -0.25) is 0 Å². The summed E-state index contributed by atoms with van der Waals surface area (Å²) < 4.78 is 5.22. The van der Waals surface area contributed by atoms with Gasteiger partial charge < -0.3 is 10.1 Å². The maximum atomic E-state index is 5.22. The van der Waals surface area contributed by atoms with Crippen molar-refractivity contribution in [2.45, 2.75) is 26.2 Å². The van der Waals surface area contributed by atoms with Crippen molar-refractivity contribution in [3.8, 4) is 5.75 Å². The number of hydrogen-bond acceptors (Lipinski definition) is 2. The first-order valence-corrected chi connectivity index (χ1v) is 5.44. The average molecular weight is 205 g/mol. The molecule has 0 radical (unpaired) electrons. The fraction of sp³-hybridized carbons (Fsp3) is 0.538. The van der Waals surface area contributed by atoms with Gasteiger partial charge in [0, 0.05) is 18.8 Å². The molecule has 0 aromatic heterocycles. The molecule has 0 amide bonds. The van der Waals surface area contributed by atoms with Crippen LogP contribution >= 0.6 is 0 Å². The van der Waals surface area contributed by atoms with Crippen LogP contribution in [0.1, 0.15) is 31.7 Å². The fourth-order valence-corrected chi connectivity index (χ4v) is 2.18. The monoisotopic (exact) mass is 205 g/mol. The smallest absolute Gasteiger partial charge is 0.120 e. The molecule has 0 saturated heterocycles. The third-order valence-electron chi connectivity index (χ3n) is 3.42. The fourth-order valence-electron chi connectivity index (χ4n) is 2.18. The molecule has 0 heterocycles.